The third-order valence-electron chi connectivity index (χ3n) is 3.31. The number of carbonyl (C=O) groups excluding carboxylic acids is 1. The molecule has 2 aromatic heterocycles. The van der Waals surface area contributed by atoms with Crippen molar-refractivity contribution in [3.05, 3.63) is 28.8 Å². The Morgan fingerprint density at radius 2 is 2.00 bits per heavy atom. The minimum atomic E-state index is -0.0271. The van der Waals surface area contributed by atoms with Gasteiger partial charge in [0.15, 0.2) is 5.78 Å². The highest BCUT2D eigenvalue weighted by atomic mass is 32.2. The van der Waals surface area contributed by atoms with Crippen LogP contribution in [0.2, 0.25) is 0 Å². The number of rotatable bonds is 4. The molecule has 0 amide bonds. The van der Waals surface area contributed by atoms with Gasteiger partial charge in [0.1, 0.15) is 5.82 Å². The van der Waals surface area contributed by atoms with Gasteiger partial charge in [0.25, 0.3) is 0 Å². The topological polar surface area (TPSA) is 63.6 Å². The van der Waals surface area contributed by atoms with Gasteiger partial charge in [-0.15, -0.1) is 5.10 Å². The Labute approximate surface area is 129 Å². The molecule has 0 aliphatic heterocycles. The van der Waals surface area contributed by atoms with E-state index in [-0.39, 0.29) is 11.3 Å². The largest absolute Gasteiger partial charge is 0.343 e. The van der Waals surface area contributed by atoms with Gasteiger partial charge < -0.3 is 4.57 Å². The quantitative estimate of drug-likeness (QED) is 0.695. The van der Waals surface area contributed by atoms with E-state index in [1.807, 2.05) is 26.8 Å². The molecular weight excluding hydrogens is 284 g/mol. The molecule has 6 heteroatoms. The summed E-state index contributed by atoms with van der Waals surface area (Å²) in [6.45, 7) is 12.3. The third kappa shape index (κ3) is 3.37. The van der Waals surface area contributed by atoms with E-state index in [1.165, 1.54) is 11.8 Å². The predicted molar refractivity (Wildman–Crippen MR) is 85.1 cm³/mol. The number of nitrogens with zero attached hydrogens (tertiary/aromatic N) is 3. The number of Topliss-reactive ketones (excluding diaryl/α,β-unsaturated/α-hetero) is 1. The van der Waals surface area contributed by atoms with Crippen LogP contribution in [0.4, 0.5) is 0 Å². The molecule has 2 rings (SSSR count). The summed E-state index contributed by atoms with van der Waals surface area (Å²) >= 11 is 1.36. The van der Waals surface area contributed by atoms with Gasteiger partial charge in [-0.1, -0.05) is 11.8 Å². The summed E-state index contributed by atoms with van der Waals surface area (Å²) in [7, 11) is 0. The molecule has 0 aliphatic rings. The highest BCUT2D eigenvalue weighted by Gasteiger charge is 2.22. The van der Waals surface area contributed by atoms with Gasteiger partial charge in [0, 0.05) is 22.5 Å². The van der Waals surface area contributed by atoms with Crippen molar-refractivity contribution in [1.82, 2.24) is 19.7 Å². The highest BCUT2D eigenvalue weighted by molar-refractivity contribution is 7.99. The molecule has 0 spiro atoms. The predicted octanol–water partition coefficient (Wildman–Crippen LogP) is 3.26. The van der Waals surface area contributed by atoms with E-state index in [4.69, 9.17) is 0 Å². The van der Waals surface area contributed by atoms with Crippen LogP contribution in [0.3, 0.4) is 0 Å². The maximum Gasteiger partial charge on any atom is 0.208 e. The van der Waals surface area contributed by atoms with Gasteiger partial charge in [0.05, 0.1) is 5.75 Å². The number of aryl methyl sites for hydroxylation is 2. The minimum absolute atomic E-state index is 0.0271. The van der Waals surface area contributed by atoms with Crippen LogP contribution in [-0.4, -0.2) is 31.3 Å². The van der Waals surface area contributed by atoms with Crippen molar-refractivity contribution in [2.24, 2.45) is 0 Å². The van der Waals surface area contributed by atoms with Gasteiger partial charge >= 0.3 is 0 Å². The molecule has 0 unspecified atom stereocenters. The van der Waals surface area contributed by atoms with E-state index in [9.17, 15) is 4.79 Å². The first-order valence-electron chi connectivity index (χ1n) is 6.94. The van der Waals surface area contributed by atoms with Crippen LogP contribution in [0.5, 0.6) is 0 Å². The molecule has 0 fully saturated rings. The molecule has 0 saturated carbocycles. The van der Waals surface area contributed by atoms with Gasteiger partial charge in [-0.05, 0) is 47.6 Å². The number of hydrogen-bond acceptors (Lipinski definition) is 4. The molecule has 0 atom stereocenters. The van der Waals surface area contributed by atoms with Gasteiger partial charge in [-0.3, -0.25) is 9.89 Å². The fourth-order valence-corrected chi connectivity index (χ4v) is 3.40. The summed E-state index contributed by atoms with van der Waals surface area (Å²) in [6.07, 6.45) is 0. The molecule has 2 heterocycles. The molecule has 0 bridgehead atoms. The molecular formula is C15H22N4OS. The van der Waals surface area contributed by atoms with Crippen LogP contribution in [0.25, 0.3) is 0 Å². The van der Waals surface area contributed by atoms with E-state index in [0.717, 1.165) is 22.8 Å². The second-order valence-corrected chi connectivity index (χ2v) is 7.15. The van der Waals surface area contributed by atoms with E-state index in [0.29, 0.717) is 10.9 Å². The first-order valence-corrected chi connectivity index (χ1v) is 7.93. The average Bonchev–Trinajstić information content (AvgIpc) is 2.89. The fourth-order valence-electron chi connectivity index (χ4n) is 2.67. The van der Waals surface area contributed by atoms with E-state index in [2.05, 4.69) is 40.5 Å². The number of hydrogen-bond donors (Lipinski definition) is 1. The zero-order chi connectivity index (χ0) is 15.8. The first kappa shape index (κ1) is 15.8. The summed E-state index contributed by atoms with van der Waals surface area (Å²) in [5.41, 5.74) is 2.90. The maximum absolute atomic E-state index is 12.4. The molecule has 0 aromatic carbocycles. The van der Waals surface area contributed by atoms with Crippen LogP contribution >= 0.6 is 11.8 Å². The lowest BCUT2D eigenvalue weighted by molar-refractivity contribution is 0.102. The Hall–Kier alpha value is -1.56. The molecule has 21 heavy (non-hydrogen) atoms. The minimum Gasteiger partial charge on any atom is -0.343 e. The van der Waals surface area contributed by atoms with Crippen molar-refractivity contribution in [1.29, 1.82) is 0 Å². The SMILES string of the molecule is Cc1nc(SCC(=O)c2cc(C)n(C(C)(C)C)c2C)n[nH]1. The van der Waals surface area contributed by atoms with Crippen molar-refractivity contribution in [3.63, 3.8) is 0 Å². The summed E-state index contributed by atoms with van der Waals surface area (Å²) in [5, 5.41) is 7.43. The van der Waals surface area contributed by atoms with Crippen LogP contribution in [0.1, 0.15) is 48.3 Å². The van der Waals surface area contributed by atoms with Crippen LogP contribution in [0.15, 0.2) is 11.2 Å². The van der Waals surface area contributed by atoms with Gasteiger partial charge in [0.2, 0.25) is 5.16 Å². The normalized spacial score (nSPS) is 11.9. The molecule has 5 nitrogen and oxygen atoms in total. The number of thioether (sulfide) groups is 1. The monoisotopic (exact) mass is 306 g/mol. The van der Waals surface area contributed by atoms with E-state index < -0.39 is 0 Å². The Morgan fingerprint density at radius 1 is 1.33 bits per heavy atom. The van der Waals surface area contributed by atoms with Crippen molar-refractivity contribution in [2.75, 3.05) is 5.75 Å². The number of ketones is 1. The number of H-pyrrole nitrogens is 1. The maximum atomic E-state index is 12.4. The summed E-state index contributed by atoms with van der Waals surface area (Å²) in [5.74, 6) is 1.23. The molecule has 0 aliphatic carbocycles. The fraction of sp³-hybridized carbons (Fsp3) is 0.533. The number of nitrogens with one attached hydrogen (secondary N) is 1. The van der Waals surface area contributed by atoms with Crippen LogP contribution < -0.4 is 0 Å². The van der Waals surface area contributed by atoms with E-state index >= 15 is 0 Å². The molecule has 0 saturated heterocycles. The molecule has 114 valence electrons. The van der Waals surface area contributed by atoms with Crippen molar-refractivity contribution in [2.45, 2.75) is 52.2 Å². The van der Waals surface area contributed by atoms with Crippen LogP contribution in [-0.2, 0) is 5.54 Å². The number of aromatic amines is 1. The van der Waals surface area contributed by atoms with Gasteiger partial charge in [-0.25, -0.2) is 4.98 Å². The third-order valence-corrected chi connectivity index (χ3v) is 4.16. The first-order chi connectivity index (χ1) is 9.70. The lowest BCUT2D eigenvalue weighted by Crippen LogP contribution is -2.24. The molecule has 2 aromatic rings. The number of carbonyl (C=O) groups is 1. The van der Waals surface area contributed by atoms with Gasteiger partial charge in [-0.2, -0.15) is 0 Å². The van der Waals surface area contributed by atoms with Crippen molar-refractivity contribution >= 4 is 17.5 Å². The zero-order valence-corrected chi connectivity index (χ0v) is 14.3. The van der Waals surface area contributed by atoms with Crippen LogP contribution in [0, 0.1) is 20.8 Å². The second kappa shape index (κ2) is 5.67. The lowest BCUT2D eigenvalue weighted by atomic mass is 10.1. The Morgan fingerprint density at radius 3 is 2.48 bits per heavy atom. The summed E-state index contributed by atoms with van der Waals surface area (Å²) in [4.78, 5) is 16.6. The lowest BCUT2D eigenvalue weighted by Gasteiger charge is -2.25. The van der Waals surface area contributed by atoms with Crippen molar-refractivity contribution in [3.8, 4) is 0 Å². The Balaban J connectivity index is 2.17. The summed E-state index contributed by atoms with van der Waals surface area (Å²) in [6, 6.07) is 1.98. The number of aromatic nitrogens is 4. The summed E-state index contributed by atoms with van der Waals surface area (Å²) < 4.78 is 2.21. The zero-order valence-electron chi connectivity index (χ0n) is 13.4. The Bertz CT molecular complexity index is 664. The van der Waals surface area contributed by atoms with E-state index in [1.54, 1.807) is 0 Å². The Kier molecular flexibility index (Phi) is 4.27. The molecule has 0 radical (unpaired) electrons. The molecule has 1 N–H and O–H groups in total. The second-order valence-electron chi connectivity index (χ2n) is 6.21. The highest BCUT2D eigenvalue weighted by Crippen LogP contribution is 2.26. The average molecular weight is 306 g/mol. The van der Waals surface area contributed by atoms with Crippen molar-refractivity contribution < 1.29 is 4.79 Å². The standard InChI is InChI=1S/C15H22N4OS/c1-9-7-12(10(2)19(9)15(4,5)6)13(20)8-21-14-16-11(3)17-18-14/h7H,8H2,1-6H3,(H,16,17,18). The smallest absolute Gasteiger partial charge is 0.208 e.